The average Bonchev–Trinajstić information content (AvgIpc) is 3.47. The van der Waals surface area contributed by atoms with E-state index in [-0.39, 0.29) is 17.5 Å². The number of benzene rings is 3. The molecular weight excluding hydrogens is 480 g/mol. The Kier molecular flexibility index (Phi) is 5.30. The van der Waals surface area contributed by atoms with Crippen LogP contribution in [0.25, 0.3) is 16.5 Å². The zero-order valence-corrected chi connectivity index (χ0v) is 21.5. The molecule has 0 spiro atoms. The van der Waals surface area contributed by atoms with Crippen molar-refractivity contribution in [1.82, 2.24) is 4.57 Å². The summed E-state index contributed by atoms with van der Waals surface area (Å²) >= 11 is 0. The molecule has 2 aliphatic heterocycles. The zero-order chi connectivity index (χ0) is 26.8. The van der Waals surface area contributed by atoms with E-state index in [1.165, 1.54) is 4.57 Å². The second-order valence-electron chi connectivity index (χ2n) is 10.5. The molecule has 4 aromatic rings. The lowest BCUT2D eigenvalue weighted by Gasteiger charge is -2.26. The standard InChI is InChI=1S/C31H28N2O5/c1-18-16-21(9-10-22(18)19(2)34)37-15-14-31-13-12-30(3,38-31)26-27(31)29(36)33(28(26)35)25-11-8-20(17-32)23-6-4-5-7-24(23)25/h4-11,16,35-36H,12-15H2,1-3H3/t30-,31-/m1/s1. The summed E-state index contributed by atoms with van der Waals surface area (Å²) < 4.78 is 14.1. The Morgan fingerprint density at radius 2 is 1.82 bits per heavy atom. The van der Waals surface area contributed by atoms with Gasteiger partial charge in [0.25, 0.3) is 0 Å². The van der Waals surface area contributed by atoms with Crippen LogP contribution in [0.3, 0.4) is 0 Å². The van der Waals surface area contributed by atoms with Crippen LogP contribution in [0.5, 0.6) is 17.5 Å². The van der Waals surface area contributed by atoms with Crippen molar-refractivity contribution in [3.05, 3.63) is 82.4 Å². The summed E-state index contributed by atoms with van der Waals surface area (Å²) in [6, 6.07) is 18.6. The van der Waals surface area contributed by atoms with Crippen molar-refractivity contribution >= 4 is 16.6 Å². The maximum Gasteiger partial charge on any atom is 0.205 e. The lowest BCUT2D eigenvalue weighted by atomic mass is 9.78. The van der Waals surface area contributed by atoms with Gasteiger partial charge in [-0.2, -0.15) is 5.26 Å². The first-order valence-electron chi connectivity index (χ1n) is 12.7. The Labute approximate surface area is 220 Å². The number of rotatable bonds is 6. The predicted octanol–water partition coefficient (Wildman–Crippen LogP) is 6.13. The van der Waals surface area contributed by atoms with E-state index in [9.17, 15) is 20.3 Å². The van der Waals surface area contributed by atoms with Gasteiger partial charge in [-0.25, -0.2) is 0 Å². The van der Waals surface area contributed by atoms with E-state index in [2.05, 4.69) is 6.07 Å². The van der Waals surface area contributed by atoms with Crippen LogP contribution in [-0.4, -0.2) is 27.2 Å². The number of carbonyl (C=O) groups excluding carboxylic acids is 1. The van der Waals surface area contributed by atoms with E-state index < -0.39 is 11.2 Å². The molecule has 0 radical (unpaired) electrons. The summed E-state index contributed by atoms with van der Waals surface area (Å²) in [5.74, 6) is 0.571. The molecule has 2 bridgehead atoms. The van der Waals surface area contributed by atoms with Crippen molar-refractivity contribution in [2.24, 2.45) is 0 Å². The molecule has 3 aromatic carbocycles. The highest BCUT2D eigenvalue weighted by Crippen LogP contribution is 2.65. The molecule has 2 atom stereocenters. The number of Topliss-reactive ketones (excluding diaryl/α,β-unsaturated/α-hetero) is 1. The minimum absolute atomic E-state index is 0.0138. The summed E-state index contributed by atoms with van der Waals surface area (Å²) in [7, 11) is 0. The van der Waals surface area contributed by atoms with Gasteiger partial charge in [0, 0.05) is 22.8 Å². The van der Waals surface area contributed by atoms with E-state index in [1.54, 1.807) is 31.2 Å². The molecule has 7 nitrogen and oxygen atoms in total. The number of aryl methyl sites for hydroxylation is 1. The SMILES string of the molecule is CC(=O)c1ccc(OCC[C@@]23CC[C@@](C)(O2)c2c3c(O)n(-c3ccc(C#N)c4ccccc34)c2O)cc1C. The normalized spacial score (nSPS) is 21.4. The van der Waals surface area contributed by atoms with Gasteiger partial charge in [-0.3, -0.25) is 9.36 Å². The molecule has 0 aliphatic carbocycles. The molecule has 38 heavy (non-hydrogen) atoms. The Balaban J connectivity index is 1.37. The topological polar surface area (TPSA) is 105 Å². The molecule has 3 heterocycles. The number of fused-ring (bicyclic) bond motifs is 6. The van der Waals surface area contributed by atoms with E-state index >= 15 is 0 Å². The number of nitrogens with zero attached hydrogens (tertiary/aromatic N) is 2. The maximum absolute atomic E-state index is 11.7. The number of aromatic hydroxyl groups is 2. The van der Waals surface area contributed by atoms with Crippen molar-refractivity contribution in [2.45, 2.75) is 51.2 Å². The van der Waals surface area contributed by atoms with E-state index in [0.717, 1.165) is 16.3 Å². The first-order valence-corrected chi connectivity index (χ1v) is 12.7. The van der Waals surface area contributed by atoms with Crippen LogP contribution in [0.2, 0.25) is 0 Å². The van der Waals surface area contributed by atoms with E-state index in [4.69, 9.17) is 9.47 Å². The number of hydrogen-bond acceptors (Lipinski definition) is 6. The number of nitriles is 1. The van der Waals surface area contributed by atoms with Crippen molar-refractivity contribution in [1.29, 1.82) is 5.26 Å². The number of carbonyl (C=O) groups is 1. The van der Waals surface area contributed by atoms with Crippen LogP contribution in [0.1, 0.15) is 65.7 Å². The van der Waals surface area contributed by atoms with Gasteiger partial charge in [0.2, 0.25) is 11.8 Å². The third kappa shape index (κ3) is 3.34. The van der Waals surface area contributed by atoms with Crippen LogP contribution in [0, 0.1) is 18.3 Å². The average molecular weight is 509 g/mol. The second kappa shape index (κ2) is 8.37. The minimum atomic E-state index is -0.798. The van der Waals surface area contributed by atoms with Crippen LogP contribution >= 0.6 is 0 Å². The van der Waals surface area contributed by atoms with Crippen molar-refractivity contribution in [3.63, 3.8) is 0 Å². The minimum Gasteiger partial charge on any atom is -0.494 e. The molecule has 6 rings (SSSR count). The molecule has 2 N–H and O–H groups in total. The number of hydrogen-bond donors (Lipinski definition) is 2. The van der Waals surface area contributed by atoms with Gasteiger partial charge < -0.3 is 19.7 Å². The molecule has 1 saturated heterocycles. The molecular formula is C31H28N2O5. The van der Waals surface area contributed by atoms with Gasteiger partial charge in [0.05, 0.1) is 40.7 Å². The molecule has 1 fully saturated rings. The molecule has 0 saturated carbocycles. The van der Waals surface area contributed by atoms with Crippen molar-refractivity contribution in [2.75, 3.05) is 6.61 Å². The van der Waals surface area contributed by atoms with Gasteiger partial charge in [-0.1, -0.05) is 24.3 Å². The Morgan fingerprint density at radius 1 is 1.08 bits per heavy atom. The molecule has 0 amide bonds. The maximum atomic E-state index is 11.7. The van der Waals surface area contributed by atoms with Gasteiger partial charge in [0.1, 0.15) is 11.4 Å². The van der Waals surface area contributed by atoms with E-state index in [1.807, 2.05) is 44.2 Å². The Morgan fingerprint density at radius 3 is 2.53 bits per heavy atom. The monoisotopic (exact) mass is 508 g/mol. The van der Waals surface area contributed by atoms with Crippen molar-refractivity contribution in [3.8, 4) is 29.3 Å². The second-order valence-corrected chi connectivity index (χ2v) is 10.5. The quantitative estimate of drug-likeness (QED) is 0.304. The summed E-state index contributed by atoms with van der Waals surface area (Å²) in [6.45, 7) is 5.71. The van der Waals surface area contributed by atoms with Crippen LogP contribution in [-0.2, 0) is 15.9 Å². The molecule has 192 valence electrons. The summed E-state index contributed by atoms with van der Waals surface area (Å²) in [4.78, 5) is 11.7. The zero-order valence-electron chi connectivity index (χ0n) is 21.5. The first-order chi connectivity index (χ1) is 18.2. The van der Waals surface area contributed by atoms with Crippen LogP contribution in [0.15, 0.2) is 54.6 Å². The number of aromatic nitrogens is 1. The molecule has 0 unspecified atom stereocenters. The predicted molar refractivity (Wildman–Crippen MR) is 142 cm³/mol. The fourth-order valence-electron chi connectivity index (χ4n) is 6.37. The van der Waals surface area contributed by atoms with Gasteiger partial charge in [0.15, 0.2) is 5.78 Å². The fourth-order valence-corrected chi connectivity index (χ4v) is 6.37. The Hall–Kier alpha value is -4.28. The van der Waals surface area contributed by atoms with E-state index in [0.29, 0.717) is 59.6 Å². The highest BCUT2D eigenvalue weighted by molar-refractivity contribution is 5.96. The third-order valence-electron chi connectivity index (χ3n) is 8.15. The summed E-state index contributed by atoms with van der Waals surface area (Å²) in [5, 5.41) is 34.1. The lowest BCUT2D eigenvalue weighted by molar-refractivity contribution is -0.0876. The number of ether oxygens (including phenoxy) is 2. The molecule has 7 heteroatoms. The molecule has 1 aromatic heterocycles. The van der Waals surface area contributed by atoms with Gasteiger partial charge in [-0.15, -0.1) is 0 Å². The van der Waals surface area contributed by atoms with Crippen LogP contribution < -0.4 is 4.74 Å². The summed E-state index contributed by atoms with van der Waals surface area (Å²) in [6.07, 6.45) is 1.87. The third-order valence-corrected chi connectivity index (χ3v) is 8.15. The Bertz CT molecular complexity index is 1680. The molecule has 2 aliphatic rings. The first kappa shape index (κ1) is 24.1. The highest BCUT2D eigenvalue weighted by atomic mass is 16.5. The number of ketones is 1. The van der Waals surface area contributed by atoms with Crippen LogP contribution in [0.4, 0.5) is 0 Å². The lowest BCUT2D eigenvalue weighted by Crippen LogP contribution is -2.25. The highest BCUT2D eigenvalue weighted by Gasteiger charge is 2.61. The smallest absolute Gasteiger partial charge is 0.205 e. The largest absolute Gasteiger partial charge is 0.494 e. The summed E-state index contributed by atoms with van der Waals surface area (Å²) in [5.41, 5.74) is 2.33. The van der Waals surface area contributed by atoms with Crippen molar-refractivity contribution < 1.29 is 24.5 Å². The van der Waals surface area contributed by atoms with Gasteiger partial charge >= 0.3 is 0 Å². The fraction of sp³-hybridized carbons (Fsp3) is 0.290. The van der Waals surface area contributed by atoms with Gasteiger partial charge in [-0.05, 0) is 69.5 Å².